The van der Waals surface area contributed by atoms with Gasteiger partial charge in [0.15, 0.2) is 0 Å². The van der Waals surface area contributed by atoms with Crippen molar-refractivity contribution in [1.29, 1.82) is 0 Å². The summed E-state index contributed by atoms with van der Waals surface area (Å²) in [6.07, 6.45) is 2.93. The summed E-state index contributed by atoms with van der Waals surface area (Å²) in [4.78, 5) is 31.8. The van der Waals surface area contributed by atoms with E-state index in [2.05, 4.69) is 22.2 Å². The molecule has 1 N–H and O–H groups in total. The zero-order chi connectivity index (χ0) is 23.6. The number of nitrogens with zero attached hydrogens (tertiary/aromatic N) is 4. The van der Waals surface area contributed by atoms with Gasteiger partial charge >= 0.3 is 0 Å². The molecule has 2 saturated heterocycles. The van der Waals surface area contributed by atoms with E-state index in [1.807, 2.05) is 0 Å². The molecular weight excluding hydrogens is 442 g/mol. The molecule has 10 heteroatoms. The summed E-state index contributed by atoms with van der Waals surface area (Å²) < 4.78 is 27.4. The lowest BCUT2D eigenvalue weighted by molar-refractivity contribution is -0.125. The van der Waals surface area contributed by atoms with E-state index in [1.54, 1.807) is 18.2 Å². The Labute approximate surface area is 196 Å². The molecule has 2 amide bonds. The van der Waals surface area contributed by atoms with Gasteiger partial charge < -0.3 is 15.1 Å². The fraction of sp³-hybridized carbons (Fsp3) is 0.652. The van der Waals surface area contributed by atoms with E-state index < -0.39 is 16.1 Å². The first-order chi connectivity index (χ1) is 15.8. The average molecular weight is 478 g/mol. The number of hydrogen-bond acceptors (Lipinski definition) is 6. The minimum atomic E-state index is -3.55. The molecule has 0 aromatic heterocycles. The van der Waals surface area contributed by atoms with Crippen LogP contribution in [0.4, 0.5) is 5.69 Å². The highest BCUT2D eigenvalue weighted by molar-refractivity contribution is 7.89. The maximum absolute atomic E-state index is 13.0. The summed E-state index contributed by atoms with van der Waals surface area (Å²) in [5.74, 6) is -0.412. The van der Waals surface area contributed by atoms with E-state index in [9.17, 15) is 18.0 Å². The average Bonchev–Trinajstić information content (AvgIpc) is 3.46. The fourth-order valence-corrected chi connectivity index (χ4v) is 6.54. The molecule has 0 radical (unpaired) electrons. The van der Waals surface area contributed by atoms with Gasteiger partial charge in [0.05, 0.1) is 4.90 Å². The predicted molar refractivity (Wildman–Crippen MR) is 127 cm³/mol. The number of benzene rings is 1. The number of piperazine rings is 1. The number of amides is 2. The molecule has 4 rings (SSSR count). The van der Waals surface area contributed by atoms with Gasteiger partial charge in [-0.25, -0.2) is 8.42 Å². The first-order valence-corrected chi connectivity index (χ1v) is 13.3. The van der Waals surface area contributed by atoms with Crippen molar-refractivity contribution in [3.8, 4) is 0 Å². The number of anilines is 1. The summed E-state index contributed by atoms with van der Waals surface area (Å²) in [5, 5.41) is 2.99. The topological polar surface area (TPSA) is 93.3 Å². The zero-order valence-electron chi connectivity index (χ0n) is 19.6. The Morgan fingerprint density at radius 1 is 1.06 bits per heavy atom. The number of hydrogen-bond donors (Lipinski definition) is 1. The van der Waals surface area contributed by atoms with Gasteiger partial charge in [-0.1, -0.05) is 0 Å². The first kappa shape index (κ1) is 24.1. The van der Waals surface area contributed by atoms with E-state index >= 15 is 0 Å². The van der Waals surface area contributed by atoms with Crippen LogP contribution in [0.25, 0.3) is 0 Å². The van der Waals surface area contributed by atoms with E-state index in [4.69, 9.17) is 0 Å². The SMILES string of the molecule is CC(=O)N1c2ccc(S(=O)(=O)N3CCCC3)cc2CC1C(=O)NCCCN1CCN(C)CC1. The lowest BCUT2D eigenvalue weighted by Gasteiger charge is -2.32. The number of sulfonamides is 1. The van der Waals surface area contributed by atoms with Crippen LogP contribution in [0, 0.1) is 0 Å². The number of nitrogens with one attached hydrogen (secondary N) is 1. The number of likely N-dealkylation sites (N-methyl/N-ethyl adjacent to an activating group) is 1. The molecule has 33 heavy (non-hydrogen) atoms. The van der Waals surface area contributed by atoms with Gasteiger partial charge in [-0.2, -0.15) is 4.31 Å². The summed E-state index contributed by atoms with van der Waals surface area (Å²) in [7, 11) is -1.42. The van der Waals surface area contributed by atoms with Crippen LogP contribution in [0.3, 0.4) is 0 Å². The van der Waals surface area contributed by atoms with Crippen molar-refractivity contribution in [1.82, 2.24) is 19.4 Å². The van der Waals surface area contributed by atoms with Crippen molar-refractivity contribution in [3.05, 3.63) is 23.8 Å². The van der Waals surface area contributed by atoms with E-state index in [1.165, 1.54) is 16.1 Å². The maximum atomic E-state index is 13.0. The largest absolute Gasteiger partial charge is 0.354 e. The van der Waals surface area contributed by atoms with Gasteiger partial charge in [0.1, 0.15) is 6.04 Å². The molecule has 1 unspecified atom stereocenters. The zero-order valence-corrected chi connectivity index (χ0v) is 20.4. The molecule has 182 valence electrons. The Morgan fingerprint density at radius 2 is 1.76 bits per heavy atom. The van der Waals surface area contributed by atoms with Gasteiger partial charge in [-0.15, -0.1) is 0 Å². The van der Waals surface area contributed by atoms with Crippen LogP contribution < -0.4 is 10.2 Å². The second kappa shape index (κ2) is 10.1. The van der Waals surface area contributed by atoms with Crippen LogP contribution >= 0.6 is 0 Å². The third-order valence-electron chi connectivity index (χ3n) is 6.93. The van der Waals surface area contributed by atoms with E-state index in [-0.39, 0.29) is 16.7 Å². The molecule has 0 bridgehead atoms. The number of rotatable bonds is 7. The molecule has 1 atom stereocenters. The van der Waals surface area contributed by atoms with E-state index in [0.29, 0.717) is 31.7 Å². The number of carbonyl (C=O) groups is 2. The quantitative estimate of drug-likeness (QED) is 0.575. The Hall–Kier alpha value is -2.01. The van der Waals surface area contributed by atoms with Gasteiger partial charge in [0.2, 0.25) is 21.8 Å². The van der Waals surface area contributed by atoms with Crippen LogP contribution in [-0.4, -0.2) is 99.8 Å². The van der Waals surface area contributed by atoms with Crippen molar-refractivity contribution in [2.45, 2.75) is 43.5 Å². The van der Waals surface area contributed by atoms with Crippen molar-refractivity contribution in [2.75, 3.05) is 64.3 Å². The summed E-state index contributed by atoms with van der Waals surface area (Å²) in [5.41, 5.74) is 1.35. The number of fused-ring (bicyclic) bond motifs is 1. The smallest absolute Gasteiger partial charge is 0.243 e. The molecule has 0 saturated carbocycles. The molecular formula is C23H35N5O4S. The van der Waals surface area contributed by atoms with Crippen LogP contribution in [0.2, 0.25) is 0 Å². The van der Waals surface area contributed by atoms with E-state index in [0.717, 1.165) is 57.5 Å². The molecule has 3 heterocycles. The summed E-state index contributed by atoms with van der Waals surface area (Å²) in [6, 6.07) is 4.21. The van der Waals surface area contributed by atoms with Crippen molar-refractivity contribution in [3.63, 3.8) is 0 Å². The molecule has 1 aromatic rings. The third kappa shape index (κ3) is 5.24. The Bertz CT molecular complexity index is 985. The van der Waals surface area contributed by atoms with Crippen LogP contribution in [-0.2, 0) is 26.0 Å². The minimum Gasteiger partial charge on any atom is -0.354 e. The Morgan fingerprint density at radius 3 is 2.42 bits per heavy atom. The number of carbonyl (C=O) groups excluding carboxylic acids is 2. The van der Waals surface area contributed by atoms with Crippen molar-refractivity contribution >= 4 is 27.5 Å². The molecule has 0 aliphatic carbocycles. The molecule has 1 aromatic carbocycles. The predicted octanol–water partition coefficient (Wildman–Crippen LogP) is 0.502. The highest BCUT2D eigenvalue weighted by Crippen LogP contribution is 2.35. The van der Waals surface area contributed by atoms with Crippen molar-refractivity contribution < 1.29 is 18.0 Å². The second-order valence-electron chi connectivity index (χ2n) is 9.30. The maximum Gasteiger partial charge on any atom is 0.243 e. The van der Waals surface area contributed by atoms with Gasteiger partial charge in [-0.05, 0) is 56.6 Å². The van der Waals surface area contributed by atoms with Gasteiger partial charge in [0.25, 0.3) is 0 Å². The first-order valence-electron chi connectivity index (χ1n) is 11.9. The monoisotopic (exact) mass is 477 g/mol. The lowest BCUT2D eigenvalue weighted by Crippen LogP contribution is -2.48. The van der Waals surface area contributed by atoms with Gasteiger partial charge in [-0.3, -0.25) is 14.5 Å². The molecule has 0 spiro atoms. The van der Waals surface area contributed by atoms with Crippen LogP contribution in [0.5, 0.6) is 0 Å². The lowest BCUT2D eigenvalue weighted by atomic mass is 10.1. The highest BCUT2D eigenvalue weighted by Gasteiger charge is 2.38. The minimum absolute atomic E-state index is 0.191. The normalized spacial score (nSPS) is 22.5. The summed E-state index contributed by atoms with van der Waals surface area (Å²) >= 11 is 0. The molecule has 9 nitrogen and oxygen atoms in total. The Balaban J connectivity index is 1.38. The summed E-state index contributed by atoms with van der Waals surface area (Å²) in [6.45, 7) is 8.23. The molecule has 3 aliphatic heterocycles. The van der Waals surface area contributed by atoms with Crippen LogP contribution in [0.1, 0.15) is 31.7 Å². The molecule has 2 fully saturated rings. The Kier molecular flexibility index (Phi) is 7.37. The highest BCUT2D eigenvalue weighted by atomic mass is 32.2. The molecule has 3 aliphatic rings. The van der Waals surface area contributed by atoms with Crippen molar-refractivity contribution in [2.24, 2.45) is 0 Å². The standard InChI is InChI=1S/C23H35N5O4S/c1-18(29)28-21-7-6-20(33(31,32)27-10-3-4-11-27)16-19(21)17-22(28)23(30)24-8-5-9-26-14-12-25(2)13-15-26/h6-7,16,22H,3-5,8-15,17H2,1-2H3,(H,24,30). The van der Waals surface area contributed by atoms with Gasteiger partial charge in [0, 0.05) is 64.8 Å². The second-order valence-corrected chi connectivity index (χ2v) is 11.2. The van der Waals surface area contributed by atoms with Crippen LogP contribution in [0.15, 0.2) is 23.1 Å². The fourth-order valence-electron chi connectivity index (χ4n) is 4.97. The third-order valence-corrected chi connectivity index (χ3v) is 8.82.